The summed E-state index contributed by atoms with van der Waals surface area (Å²) in [6, 6.07) is 0.175. The van der Waals surface area contributed by atoms with Gasteiger partial charge in [0.25, 0.3) is 0 Å². The van der Waals surface area contributed by atoms with Crippen LogP contribution in [0.15, 0.2) is 18.6 Å². The summed E-state index contributed by atoms with van der Waals surface area (Å²) in [7, 11) is 0. The van der Waals surface area contributed by atoms with Crippen molar-refractivity contribution < 1.29 is 4.79 Å². The minimum absolute atomic E-state index is 0.0233. The molecule has 20 heavy (non-hydrogen) atoms. The number of carbonyl (C=O) groups excluding carboxylic acids is 1. The van der Waals surface area contributed by atoms with E-state index in [1.807, 2.05) is 13.1 Å². The van der Waals surface area contributed by atoms with E-state index in [-0.39, 0.29) is 12.1 Å². The van der Waals surface area contributed by atoms with Crippen molar-refractivity contribution in [1.29, 1.82) is 0 Å². The lowest BCUT2D eigenvalue weighted by atomic mass is 10.1. The van der Waals surface area contributed by atoms with Gasteiger partial charge < -0.3 is 10.2 Å². The number of hydrogen-bond acceptors (Lipinski definition) is 5. The van der Waals surface area contributed by atoms with Crippen LogP contribution < -0.4 is 5.32 Å². The van der Waals surface area contributed by atoms with Gasteiger partial charge in [0.05, 0.1) is 24.6 Å². The average Bonchev–Trinajstić information content (AvgIpc) is 3.00. The number of hydrogen-bond donors (Lipinski definition) is 1. The summed E-state index contributed by atoms with van der Waals surface area (Å²) < 4.78 is 1.80. The molecule has 106 valence electrons. The SMILES string of the molecule is CCNC(=O)N1CC(n2cc(Cn3nccn3)nn2)C1. The number of amides is 2. The van der Waals surface area contributed by atoms with Crippen molar-refractivity contribution in [3.8, 4) is 0 Å². The van der Waals surface area contributed by atoms with Crippen molar-refractivity contribution >= 4 is 6.03 Å². The van der Waals surface area contributed by atoms with Crippen LogP contribution >= 0.6 is 0 Å². The number of nitrogens with zero attached hydrogens (tertiary/aromatic N) is 7. The molecule has 2 aromatic rings. The zero-order valence-electron chi connectivity index (χ0n) is 11.2. The number of rotatable bonds is 4. The van der Waals surface area contributed by atoms with Gasteiger partial charge in [-0.15, -0.1) is 5.10 Å². The van der Waals surface area contributed by atoms with E-state index in [0.717, 1.165) is 5.69 Å². The minimum Gasteiger partial charge on any atom is -0.338 e. The van der Waals surface area contributed by atoms with Crippen LogP contribution in [0.2, 0.25) is 0 Å². The van der Waals surface area contributed by atoms with Crippen molar-refractivity contribution in [2.24, 2.45) is 0 Å². The van der Waals surface area contributed by atoms with Gasteiger partial charge in [0.15, 0.2) is 0 Å². The second-order valence-electron chi connectivity index (χ2n) is 4.64. The van der Waals surface area contributed by atoms with Gasteiger partial charge in [-0.05, 0) is 6.92 Å². The first-order chi connectivity index (χ1) is 9.76. The lowest BCUT2D eigenvalue weighted by molar-refractivity contribution is 0.118. The Morgan fingerprint density at radius 1 is 1.40 bits per heavy atom. The van der Waals surface area contributed by atoms with E-state index in [4.69, 9.17) is 0 Å². The van der Waals surface area contributed by atoms with E-state index < -0.39 is 0 Å². The highest BCUT2D eigenvalue weighted by atomic mass is 16.2. The van der Waals surface area contributed by atoms with Crippen LogP contribution in [0.25, 0.3) is 0 Å². The maximum Gasteiger partial charge on any atom is 0.317 e. The van der Waals surface area contributed by atoms with Gasteiger partial charge in [-0.2, -0.15) is 15.0 Å². The monoisotopic (exact) mass is 276 g/mol. The Kier molecular flexibility index (Phi) is 3.32. The maximum atomic E-state index is 11.6. The van der Waals surface area contributed by atoms with Gasteiger partial charge in [0.1, 0.15) is 12.2 Å². The van der Waals surface area contributed by atoms with Crippen LogP contribution in [0.1, 0.15) is 18.7 Å². The van der Waals surface area contributed by atoms with E-state index in [0.29, 0.717) is 26.2 Å². The Bertz CT molecular complexity index is 571. The van der Waals surface area contributed by atoms with Crippen LogP contribution in [0.4, 0.5) is 4.79 Å². The van der Waals surface area contributed by atoms with Gasteiger partial charge in [-0.3, -0.25) is 0 Å². The molecule has 2 amide bonds. The Balaban J connectivity index is 1.55. The van der Waals surface area contributed by atoms with Crippen molar-refractivity contribution in [1.82, 2.24) is 40.2 Å². The molecule has 0 atom stereocenters. The smallest absolute Gasteiger partial charge is 0.317 e. The lowest BCUT2D eigenvalue weighted by Gasteiger charge is -2.38. The molecule has 0 saturated carbocycles. The molecule has 0 radical (unpaired) electrons. The number of aromatic nitrogens is 6. The highest BCUT2D eigenvalue weighted by molar-refractivity contribution is 5.75. The average molecular weight is 276 g/mol. The summed E-state index contributed by atoms with van der Waals surface area (Å²) in [4.78, 5) is 14.9. The van der Waals surface area contributed by atoms with Gasteiger partial charge in [-0.1, -0.05) is 5.21 Å². The van der Waals surface area contributed by atoms with Crippen molar-refractivity contribution in [3.05, 3.63) is 24.3 Å². The first-order valence-corrected chi connectivity index (χ1v) is 6.54. The fourth-order valence-corrected chi connectivity index (χ4v) is 2.09. The summed E-state index contributed by atoms with van der Waals surface area (Å²) in [6.45, 7) is 4.37. The summed E-state index contributed by atoms with van der Waals surface area (Å²) in [5, 5.41) is 19.0. The molecular formula is C11H16N8O. The fraction of sp³-hybridized carbons (Fsp3) is 0.545. The van der Waals surface area contributed by atoms with Crippen molar-refractivity contribution in [2.45, 2.75) is 19.5 Å². The van der Waals surface area contributed by atoms with Crippen LogP contribution in [0.3, 0.4) is 0 Å². The Labute approximate surface area is 115 Å². The molecule has 0 unspecified atom stereocenters. The molecule has 1 saturated heterocycles. The molecule has 1 aliphatic rings. The largest absolute Gasteiger partial charge is 0.338 e. The number of carbonyl (C=O) groups is 1. The minimum atomic E-state index is -0.0233. The molecule has 3 heterocycles. The molecule has 0 spiro atoms. The number of likely N-dealkylation sites (tertiary alicyclic amines) is 1. The van der Waals surface area contributed by atoms with Crippen LogP contribution in [-0.2, 0) is 6.54 Å². The standard InChI is InChI=1S/C11H16N8O/c1-2-12-11(20)17-7-10(8-17)18-5-9(15-16-18)6-19-13-3-4-14-19/h3-5,10H,2,6-8H2,1H3,(H,12,20). The van der Waals surface area contributed by atoms with E-state index in [1.165, 1.54) is 0 Å². The quantitative estimate of drug-likeness (QED) is 0.812. The first-order valence-electron chi connectivity index (χ1n) is 6.54. The molecular weight excluding hydrogens is 260 g/mol. The maximum absolute atomic E-state index is 11.6. The highest BCUT2D eigenvalue weighted by Gasteiger charge is 2.32. The normalized spacial score (nSPS) is 15.2. The molecule has 1 aliphatic heterocycles. The molecule has 9 nitrogen and oxygen atoms in total. The number of urea groups is 1. The Morgan fingerprint density at radius 3 is 2.85 bits per heavy atom. The summed E-state index contributed by atoms with van der Waals surface area (Å²) in [5.74, 6) is 0. The summed E-state index contributed by atoms with van der Waals surface area (Å²) >= 11 is 0. The Morgan fingerprint density at radius 2 is 2.15 bits per heavy atom. The summed E-state index contributed by atoms with van der Waals surface area (Å²) in [5.41, 5.74) is 0.803. The molecule has 1 N–H and O–H groups in total. The third-order valence-electron chi connectivity index (χ3n) is 3.18. The van der Waals surface area contributed by atoms with Crippen molar-refractivity contribution in [2.75, 3.05) is 19.6 Å². The lowest BCUT2D eigenvalue weighted by Crippen LogP contribution is -2.54. The van der Waals surface area contributed by atoms with Gasteiger partial charge in [0, 0.05) is 19.6 Å². The zero-order chi connectivity index (χ0) is 13.9. The van der Waals surface area contributed by atoms with Crippen LogP contribution in [-0.4, -0.2) is 60.6 Å². The van der Waals surface area contributed by atoms with Crippen molar-refractivity contribution in [3.63, 3.8) is 0 Å². The van der Waals surface area contributed by atoms with E-state index in [9.17, 15) is 4.79 Å². The predicted molar refractivity (Wildman–Crippen MR) is 68.8 cm³/mol. The van der Waals surface area contributed by atoms with E-state index >= 15 is 0 Å². The molecule has 2 aromatic heterocycles. The highest BCUT2D eigenvalue weighted by Crippen LogP contribution is 2.20. The first kappa shape index (κ1) is 12.6. The van der Waals surface area contributed by atoms with E-state index in [1.54, 1.807) is 26.8 Å². The third kappa shape index (κ3) is 2.46. The second-order valence-corrected chi connectivity index (χ2v) is 4.64. The van der Waals surface area contributed by atoms with Crippen LogP contribution in [0.5, 0.6) is 0 Å². The molecule has 0 aliphatic carbocycles. The van der Waals surface area contributed by atoms with Gasteiger partial charge in [-0.25, -0.2) is 9.48 Å². The zero-order valence-corrected chi connectivity index (χ0v) is 11.2. The predicted octanol–water partition coefficient (Wildman–Crippen LogP) is -0.496. The second kappa shape index (κ2) is 5.27. The Hall–Kier alpha value is -2.45. The van der Waals surface area contributed by atoms with E-state index in [2.05, 4.69) is 25.8 Å². The van der Waals surface area contributed by atoms with Gasteiger partial charge >= 0.3 is 6.03 Å². The van der Waals surface area contributed by atoms with Gasteiger partial charge in [0.2, 0.25) is 0 Å². The molecule has 0 aromatic carbocycles. The number of nitrogens with one attached hydrogen (secondary N) is 1. The third-order valence-corrected chi connectivity index (χ3v) is 3.18. The topological polar surface area (TPSA) is 93.8 Å². The van der Waals surface area contributed by atoms with Crippen LogP contribution in [0, 0.1) is 0 Å². The fourth-order valence-electron chi connectivity index (χ4n) is 2.09. The molecule has 9 heteroatoms. The molecule has 1 fully saturated rings. The summed E-state index contributed by atoms with van der Waals surface area (Å²) in [6.07, 6.45) is 5.13. The molecule has 3 rings (SSSR count). The molecule has 0 bridgehead atoms.